The van der Waals surface area contributed by atoms with Gasteiger partial charge < -0.3 is 14.4 Å². The Kier molecular flexibility index (Phi) is 3.68. The molecule has 3 nitrogen and oxygen atoms in total. The second-order valence-corrected chi connectivity index (χ2v) is 5.28. The molecule has 0 unspecified atom stereocenters. The predicted octanol–water partition coefficient (Wildman–Crippen LogP) is 0.701. The van der Waals surface area contributed by atoms with E-state index >= 15 is 0 Å². The maximum atomic E-state index is 13.0. The van der Waals surface area contributed by atoms with Crippen molar-refractivity contribution in [2.24, 2.45) is 0 Å². The molecule has 0 amide bonds. The molecule has 3 N–H and O–H groups in total. The molecule has 1 aromatic rings. The molecule has 1 aromatic carbocycles. The van der Waals surface area contributed by atoms with Crippen molar-refractivity contribution in [1.82, 2.24) is 0 Å². The van der Waals surface area contributed by atoms with Crippen molar-refractivity contribution in [2.45, 2.75) is 12.5 Å². The monoisotopic (exact) mass is 256 g/mol. The number of halogens is 4. The van der Waals surface area contributed by atoms with Crippen LogP contribution in [0.3, 0.4) is 0 Å². The van der Waals surface area contributed by atoms with Gasteiger partial charge in [-0.2, -0.15) is 0 Å². The van der Waals surface area contributed by atoms with Crippen molar-refractivity contribution in [3.63, 3.8) is 0 Å². The summed E-state index contributed by atoms with van der Waals surface area (Å²) in [7, 11) is -4.42. The average Bonchev–Trinajstić information content (AvgIpc) is 2.17. The van der Waals surface area contributed by atoms with E-state index in [1.807, 2.05) is 0 Å². The van der Waals surface area contributed by atoms with Crippen LogP contribution in [0.1, 0.15) is 5.56 Å². The van der Waals surface area contributed by atoms with Crippen LogP contribution in [0.2, 0.25) is 6.04 Å². The molecule has 0 atom stereocenters. The standard InChI is InChI=1S/C8H8F4O3Si/c9-5-3-4(1-2-16(13,14)15)6(10)8(12)7(5)11/h3,13-15H,1-2H2. The summed E-state index contributed by atoms with van der Waals surface area (Å²) in [6.07, 6.45) is -0.504. The van der Waals surface area contributed by atoms with Crippen molar-refractivity contribution in [2.75, 3.05) is 0 Å². The SMILES string of the molecule is O[Si](O)(O)CCc1cc(F)c(F)c(F)c1F. The Morgan fingerprint density at radius 3 is 2.00 bits per heavy atom. The van der Waals surface area contributed by atoms with Crippen molar-refractivity contribution < 1.29 is 31.9 Å². The van der Waals surface area contributed by atoms with Gasteiger partial charge in [-0.3, -0.25) is 0 Å². The Labute approximate surface area is 89.0 Å². The summed E-state index contributed by atoms with van der Waals surface area (Å²) >= 11 is 0. The van der Waals surface area contributed by atoms with E-state index in [2.05, 4.69) is 0 Å². The van der Waals surface area contributed by atoms with Gasteiger partial charge in [-0.1, -0.05) is 0 Å². The van der Waals surface area contributed by atoms with Gasteiger partial charge in [-0.25, -0.2) is 17.6 Å². The van der Waals surface area contributed by atoms with E-state index in [9.17, 15) is 17.6 Å². The van der Waals surface area contributed by atoms with Crippen LogP contribution < -0.4 is 0 Å². The first-order valence-corrected chi connectivity index (χ1v) is 6.26. The average molecular weight is 256 g/mol. The van der Waals surface area contributed by atoms with Crippen LogP contribution in [0, 0.1) is 23.3 Å². The van der Waals surface area contributed by atoms with E-state index < -0.39 is 50.1 Å². The van der Waals surface area contributed by atoms with E-state index in [0.717, 1.165) is 0 Å². The number of aryl methyl sites for hydroxylation is 1. The summed E-state index contributed by atoms with van der Waals surface area (Å²) in [6, 6.07) is -0.220. The first-order valence-electron chi connectivity index (χ1n) is 4.21. The third kappa shape index (κ3) is 3.01. The summed E-state index contributed by atoms with van der Waals surface area (Å²) in [6.45, 7) is 0. The summed E-state index contributed by atoms with van der Waals surface area (Å²) in [5.74, 6) is -7.06. The molecule has 0 aliphatic rings. The first kappa shape index (κ1) is 13.1. The summed E-state index contributed by atoms with van der Waals surface area (Å²) in [4.78, 5) is 25.9. The van der Waals surface area contributed by atoms with Crippen LogP contribution in [0.5, 0.6) is 0 Å². The van der Waals surface area contributed by atoms with E-state index in [1.54, 1.807) is 0 Å². The smallest absolute Gasteiger partial charge is 0.390 e. The number of hydrogen-bond donors (Lipinski definition) is 3. The zero-order valence-corrected chi connectivity index (χ0v) is 8.85. The fourth-order valence-corrected chi connectivity index (χ4v) is 1.71. The van der Waals surface area contributed by atoms with Crippen molar-refractivity contribution >= 4 is 8.80 Å². The van der Waals surface area contributed by atoms with E-state index in [-0.39, 0.29) is 0 Å². The molecule has 0 aliphatic carbocycles. The van der Waals surface area contributed by atoms with Gasteiger partial charge in [0.15, 0.2) is 23.3 Å². The zero-order chi connectivity index (χ0) is 12.5. The highest BCUT2D eigenvalue weighted by molar-refractivity contribution is 6.56. The molecule has 1 rings (SSSR count). The minimum Gasteiger partial charge on any atom is -0.390 e. The molecule has 0 fully saturated rings. The Morgan fingerprint density at radius 2 is 1.50 bits per heavy atom. The van der Waals surface area contributed by atoms with Gasteiger partial charge >= 0.3 is 8.80 Å². The van der Waals surface area contributed by atoms with Crippen LogP contribution in [-0.4, -0.2) is 23.2 Å². The molecule has 90 valence electrons. The Morgan fingerprint density at radius 1 is 0.938 bits per heavy atom. The third-order valence-corrected chi connectivity index (χ3v) is 2.83. The summed E-state index contributed by atoms with van der Waals surface area (Å²) in [5, 5.41) is 0. The molecule has 0 aromatic heterocycles. The second kappa shape index (κ2) is 4.50. The van der Waals surface area contributed by atoms with Crippen molar-refractivity contribution in [3.8, 4) is 0 Å². The molecule has 8 heteroatoms. The maximum absolute atomic E-state index is 13.0. The summed E-state index contributed by atoms with van der Waals surface area (Å²) < 4.78 is 50.9. The Balaban J connectivity index is 2.98. The molecular formula is C8H8F4O3Si. The lowest BCUT2D eigenvalue weighted by atomic mass is 10.1. The van der Waals surface area contributed by atoms with Gasteiger partial charge in [0.2, 0.25) is 0 Å². The molecule has 0 aliphatic heterocycles. The van der Waals surface area contributed by atoms with E-state index in [4.69, 9.17) is 14.4 Å². The Bertz CT molecular complexity index is 405. The van der Waals surface area contributed by atoms with Crippen LogP contribution in [0.25, 0.3) is 0 Å². The fourth-order valence-electron chi connectivity index (χ4n) is 1.11. The van der Waals surface area contributed by atoms with Crippen LogP contribution in [0.15, 0.2) is 6.07 Å². The highest BCUT2D eigenvalue weighted by Crippen LogP contribution is 2.20. The van der Waals surface area contributed by atoms with Gasteiger partial charge in [-0.05, 0) is 18.1 Å². The van der Waals surface area contributed by atoms with Gasteiger partial charge in [-0.15, -0.1) is 0 Å². The highest BCUT2D eigenvalue weighted by atomic mass is 28.4. The van der Waals surface area contributed by atoms with Gasteiger partial charge in [0, 0.05) is 6.04 Å². The van der Waals surface area contributed by atoms with Crippen LogP contribution >= 0.6 is 0 Å². The van der Waals surface area contributed by atoms with Crippen LogP contribution in [-0.2, 0) is 6.42 Å². The number of benzene rings is 1. The molecule has 0 saturated carbocycles. The molecule has 0 saturated heterocycles. The fraction of sp³-hybridized carbons (Fsp3) is 0.250. The maximum Gasteiger partial charge on any atom is 0.493 e. The van der Waals surface area contributed by atoms with E-state index in [1.165, 1.54) is 0 Å². The quantitative estimate of drug-likeness (QED) is 0.323. The normalized spacial score (nSPS) is 11.9. The molecule has 0 bridgehead atoms. The lowest BCUT2D eigenvalue weighted by Crippen LogP contribution is -2.34. The van der Waals surface area contributed by atoms with Gasteiger partial charge in [0.05, 0.1) is 0 Å². The third-order valence-electron chi connectivity index (χ3n) is 1.91. The van der Waals surface area contributed by atoms with Gasteiger partial charge in [0.1, 0.15) is 0 Å². The minimum atomic E-state index is -4.42. The second-order valence-electron chi connectivity index (χ2n) is 3.23. The number of rotatable bonds is 3. The molecule has 0 radical (unpaired) electrons. The Hall–Kier alpha value is -0.963. The lowest BCUT2D eigenvalue weighted by molar-refractivity contribution is 0.227. The lowest BCUT2D eigenvalue weighted by Gasteiger charge is -2.10. The zero-order valence-electron chi connectivity index (χ0n) is 7.85. The van der Waals surface area contributed by atoms with Crippen molar-refractivity contribution in [1.29, 1.82) is 0 Å². The summed E-state index contributed by atoms with van der Waals surface area (Å²) in [5.41, 5.74) is -0.564. The topological polar surface area (TPSA) is 60.7 Å². The minimum absolute atomic E-state index is 0.411. The number of hydrogen-bond acceptors (Lipinski definition) is 3. The molecule has 0 heterocycles. The molecule has 16 heavy (non-hydrogen) atoms. The highest BCUT2D eigenvalue weighted by Gasteiger charge is 2.28. The van der Waals surface area contributed by atoms with Gasteiger partial charge in [0.25, 0.3) is 0 Å². The molecular weight excluding hydrogens is 248 g/mol. The first-order chi connectivity index (χ1) is 7.22. The van der Waals surface area contributed by atoms with Crippen molar-refractivity contribution in [3.05, 3.63) is 34.9 Å². The predicted molar refractivity (Wildman–Crippen MR) is 47.2 cm³/mol. The van der Waals surface area contributed by atoms with E-state index in [0.29, 0.717) is 6.07 Å². The molecule has 0 spiro atoms. The largest absolute Gasteiger partial charge is 0.493 e. The van der Waals surface area contributed by atoms with Crippen LogP contribution in [0.4, 0.5) is 17.6 Å².